The van der Waals surface area contributed by atoms with Crippen molar-refractivity contribution >= 4 is 88.1 Å². The largest absolute Gasteiger partial charge is 0.494 e. The maximum Gasteiger partial charge on any atom is 0.294 e. The summed E-state index contributed by atoms with van der Waals surface area (Å²) in [5.41, 5.74) is 7.38. The van der Waals surface area contributed by atoms with Crippen LogP contribution in [-0.4, -0.2) is 78.3 Å². The van der Waals surface area contributed by atoms with Crippen molar-refractivity contribution in [2.75, 3.05) is 26.4 Å². The van der Waals surface area contributed by atoms with Crippen LogP contribution in [0, 0.1) is 0 Å². The molecular weight excluding hydrogens is 1600 g/mol. The summed E-state index contributed by atoms with van der Waals surface area (Å²) < 4.78 is 165. The van der Waals surface area contributed by atoms with E-state index in [1.54, 1.807) is 48.5 Å². The lowest BCUT2D eigenvalue weighted by atomic mass is 9.72. The van der Waals surface area contributed by atoms with Crippen LogP contribution in [0.3, 0.4) is 0 Å². The zero-order valence-corrected chi connectivity index (χ0v) is 73.9. The first kappa shape index (κ1) is 90.5. The number of unbranched alkanes of at least 4 members (excludes halogenated alkanes) is 12. The highest BCUT2D eigenvalue weighted by Crippen LogP contribution is 2.55. The molecule has 0 fully saturated rings. The topological polar surface area (TPSA) is 264 Å². The van der Waals surface area contributed by atoms with Crippen LogP contribution in [0.25, 0.3) is 0 Å². The minimum Gasteiger partial charge on any atom is -0.494 e. The number of hydrogen-bond acceptors (Lipinski definition) is 13. The first-order chi connectivity index (χ1) is 56.1. The van der Waals surface area contributed by atoms with Gasteiger partial charge in [-0.2, -0.15) is 33.7 Å². The molecule has 1 aliphatic heterocycles. The van der Waals surface area contributed by atoms with Gasteiger partial charge < -0.3 is 23.7 Å². The number of aryl methyl sites for hydroxylation is 4. The predicted octanol–water partition coefficient (Wildman–Crippen LogP) is 19.9. The number of rotatable bonds is 42. The lowest BCUT2D eigenvalue weighted by molar-refractivity contribution is 0.304. The van der Waals surface area contributed by atoms with Gasteiger partial charge in [0, 0.05) is 27.2 Å². The van der Waals surface area contributed by atoms with Crippen LogP contribution in [-0.2, 0) is 82.4 Å². The highest BCUT2D eigenvalue weighted by molar-refractivity contribution is 7.86. The van der Waals surface area contributed by atoms with E-state index in [0.29, 0.717) is 26.4 Å². The van der Waals surface area contributed by atoms with Gasteiger partial charge in [-0.15, -0.1) is 0 Å². The molecule has 0 amide bonds. The van der Waals surface area contributed by atoms with Gasteiger partial charge in [-0.1, -0.05) is 222 Å². The molecular formula is C95H112O17P2S4. The minimum atomic E-state index is -4.25. The zero-order valence-electron chi connectivity index (χ0n) is 68.9. The molecule has 1 aliphatic rings. The van der Waals surface area contributed by atoms with Gasteiger partial charge in [0.15, 0.2) is 0 Å². The Labute approximate surface area is 702 Å². The Bertz CT molecular complexity index is 5180. The van der Waals surface area contributed by atoms with Crippen molar-refractivity contribution in [1.82, 2.24) is 0 Å². The molecule has 628 valence electrons. The van der Waals surface area contributed by atoms with E-state index in [2.05, 4.69) is 177 Å². The molecule has 0 aliphatic carbocycles. The molecule has 0 aromatic heterocycles. The molecule has 17 nitrogen and oxygen atoms in total. The summed E-state index contributed by atoms with van der Waals surface area (Å²) in [6.07, 6.45) is 18.0. The number of fused-ring (bicyclic) bond motifs is 2. The molecule has 10 aromatic carbocycles. The Kier molecular flexibility index (Phi) is 31.0. The van der Waals surface area contributed by atoms with Crippen molar-refractivity contribution in [3.8, 4) is 34.5 Å². The van der Waals surface area contributed by atoms with Gasteiger partial charge in [0.25, 0.3) is 40.5 Å². The van der Waals surface area contributed by atoms with Gasteiger partial charge >= 0.3 is 0 Å². The van der Waals surface area contributed by atoms with E-state index in [1.807, 2.05) is 0 Å². The number of hydrogen-bond donors (Lipinski definition) is 4. The average molecular weight is 1720 g/mol. The Morgan fingerprint density at radius 2 is 0.593 bits per heavy atom. The molecule has 0 saturated carbocycles. The Hall–Kier alpha value is -8.30. The highest BCUT2D eigenvalue weighted by atomic mass is 32.2. The summed E-state index contributed by atoms with van der Waals surface area (Å²) in [5.74, 6) is 4.76. The molecule has 0 unspecified atom stereocenters. The van der Waals surface area contributed by atoms with Crippen LogP contribution < -0.4 is 55.5 Å². The van der Waals surface area contributed by atoms with Gasteiger partial charge in [-0.3, -0.25) is 18.2 Å². The van der Waals surface area contributed by atoms with E-state index in [9.17, 15) is 51.9 Å². The summed E-state index contributed by atoms with van der Waals surface area (Å²) in [7, 11) is -19.8. The first-order valence-electron chi connectivity index (χ1n) is 40.9. The van der Waals surface area contributed by atoms with Crippen molar-refractivity contribution in [3.05, 3.63) is 263 Å². The van der Waals surface area contributed by atoms with Crippen LogP contribution in [0.2, 0.25) is 0 Å². The molecule has 4 N–H and O–H groups in total. The van der Waals surface area contributed by atoms with Crippen molar-refractivity contribution < 1.29 is 75.6 Å². The third kappa shape index (κ3) is 25.2. The normalized spacial score (nSPS) is 13.1. The van der Waals surface area contributed by atoms with Crippen molar-refractivity contribution in [3.63, 3.8) is 0 Å². The zero-order chi connectivity index (χ0) is 84.5. The average Bonchev–Trinajstić information content (AvgIpc) is 0.708. The second-order valence-electron chi connectivity index (χ2n) is 33.1. The fourth-order valence-corrected chi connectivity index (χ4v) is 21.9. The number of ether oxygens (including phenoxy) is 5. The van der Waals surface area contributed by atoms with Crippen molar-refractivity contribution in [2.24, 2.45) is 0 Å². The van der Waals surface area contributed by atoms with Gasteiger partial charge in [0.05, 0.1) is 46.0 Å². The molecule has 1 heterocycles. The smallest absolute Gasteiger partial charge is 0.294 e. The maximum absolute atomic E-state index is 11.6. The molecule has 0 spiro atoms. The second-order valence-corrected chi connectivity index (χ2v) is 43.1. The van der Waals surface area contributed by atoms with Crippen LogP contribution in [0.4, 0.5) is 0 Å². The third-order valence-electron chi connectivity index (χ3n) is 21.7. The molecule has 11 rings (SSSR count). The van der Waals surface area contributed by atoms with Crippen molar-refractivity contribution in [2.45, 2.75) is 220 Å². The Morgan fingerprint density at radius 1 is 0.314 bits per heavy atom. The van der Waals surface area contributed by atoms with E-state index < -0.39 is 61.7 Å². The fourth-order valence-electron chi connectivity index (χ4n) is 14.8. The standard InChI is InChI=1S/C95H112O17P2S4/c1-93(2,3)73-67-88-90(89(68-73)113(78-45-37-74(38-46-78)108-63-21-13-9-17-25-69-29-53-82(54-30-69)115(96,97)98)79-47-39-75(40-48-79)109-64-22-14-10-18-26-70-31-55-83(56-32-70)116(99,100)101)112-91-86(95(88,7)8)61-62-87(94(4,5)6)92(91)114(80-49-41-76(42-50-80)110-65-23-15-11-19-27-71-33-57-84(58-34-71)117(102,103)104)81-51-43-77(44-52-81)111-66-24-16-12-20-28-72-35-59-85(60-36-72)118(105,106)107/h29-62,67-68H,9-28,63-66H2,1-8H3,(H,96,97,98)(H,99,100,101)(H,102,103,104)(H,105,106,107). The van der Waals surface area contributed by atoms with Crippen LogP contribution >= 0.6 is 15.8 Å². The fraction of sp³-hybridized carbons (Fsp3) is 0.368. The van der Waals surface area contributed by atoms with Crippen molar-refractivity contribution in [1.29, 1.82) is 0 Å². The summed E-state index contributed by atoms with van der Waals surface area (Å²) in [5, 5.41) is 6.67. The Morgan fingerprint density at radius 3 is 0.864 bits per heavy atom. The van der Waals surface area contributed by atoms with E-state index in [-0.39, 0.29) is 30.4 Å². The molecule has 23 heteroatoms. The second kappa shape index (κ2) is 40.4. The Balaban J connectivity index is 0.885. The van der Waals surface area contributed by atoms with E-state index >= 15 is 0 Å². The molecule has 0 bridgehead atoms. The summed E-state index contributed by atoms with van der Waals surface area (Å²) >= 11 is 0. The predicted molar refractivity (Wildman–Crippen MR) is 476 cm³/mol. The lowest BCUT2D eigenvalue weighted by Gasteiger charge is -2.41. The quantitative estimate of drug-likeness (QED) is 0.0157. The van der Waals surface area contributed by atoms with Gasteiger partial charge in [-0.05, 0) is 261 Å². The van der Waals surface area contributed by atoms with Crippen LogP contribution in [0.1, 0.15) is 203 Å². The SMILES string of the molecule is CC(C)(C)c1cc(P(c2ccc(OCCCCCCc3ccc(S(=O)(=O)O)cc3)cc2)c2ccc(OCCCCCCc3ccc(S(=O)(=O)O)cc3)cc2)c2c(c1)C(C)(C)c1ccc(C(C)(C)C)c(P(c3ccc(OCCCCCCc4ccc(S(=O)(=O)O)cc4)cc3)c3ccc(OCCCCCCc4ccc(S(=O)(=O)O)cc4)cc3)c1O2. The third-order valence-corrected chi connectivity index (χ3v) is 30.1. The lowest BCUT2D eigenvalue weighted by Crippen LogP contribution is -2.36. The summed E-state index contributed by atoms with van der Waals surface area (Å²) in [6.45, 7) is 20.5. The monoisotopic (exact) mass is 1710 g/mol. The number of benzene rings is 10. The molecule has 0 radical (unpaired) electrons. The van der Waals surface area contributed by atoms with Crippen LogP contribution in [0.15, 0.2) is 238 Å². The van der Waals surface area contributed by atoms with E-state index in [4.69, 9.17) is 23.7 Å². The van der Waals surface area contributed by atoms with Gasteiger partial charge in [-0.25, -0.2) is 0 Å². The van der Waals surface area contributed by atoms with E-state index in [1.165, 1.54) is 59.7 Å². The van der Waals surface area contributed by atoms with Gasteiger partial charge in [0.1, 0.15) is 34.5 Å². The van der Waals surface area contributed by atoms with Crippen LogP contribution in [0.5, 0.6) is 34.5 Å². The van der Waals surface area contributed by atoms with Gasteiger partial charge in [0.2, 0.25) is 0 Å². The highest BCUT2D eigenvalue weighted by Gasteiger charge is 2.43. The molecule has 118 heavy (non-hydrogen) atoms. The first-order valence-corrected chi connectivity index (χ1v) is 49.3. The summed E-state index contributed by atoms with van der Waals surface area (Å²) in [6, 6.07) is 69.3. The maximum atomic E-state index is 11.6. The summed E-state index contributed by atoms with van der Waals surface area (Å²) in [4.78, 5) is -0.445. The van der Waals surface area contributed by atoms with E-state index in [0.717, 1.165) is 228 Å². The molecule has 10 aromatic rings. The molecule has 0 saturated heterocycles. The molecule has 0 atom stereocenters. The minimum absolute atomic E-state index is 0.111.